The molecule has 5 rings (SSSR count). The Morgan fingerprint density at radius 2 is 1.62 bits per heavy atom. The van der Waals surface area contributed by atoms with Gasteiger partial charge in [0.15, 0.2) is 0 Å². The van der Waals surface area contributed by atoms with E-state index in [2.05, 4.69) is 75.8 Å². The zero-order valence-electron chi connectivity index (χ0n) is 20.8. The summed E-state index contributed by atoms with van der Waals surface area (Å²) in [5.74, 6) is -1.45. The number of benzene rings is 3. The maximum atomic E-state index is 14.7. The summed E-state index contributed by atoms with van der Waals surface area (Å²) in [4.78, 5) is 6.05. The van der Waals surface area contributed by atoms with Crippen LogP contribution in [0.15, 0.2) is 79.4 Å². The summed E-state index contributed by atoms with van der Waals surface area (Å²) in [7, 11) is 0. The van der Waals surface area contributed by atoms with E-state index in [0.29, 0.717) is 6.04 Å². The number of rotatable bonds is 8. The first kappa shape index (κ1) is 25.0. The van der Waals surface area contributed by atoms with E-state index in [1.54, 1.807) is 0 Å². The van der Waals surface area contributed by atoms with Crippen LogP contribution in [-0.4, -0.2) is 50.4 Å². The smallest absolute Gasteiger partial charge is 0.137 e. The van der Waals surface area contributed by atoms with Crippen molar-refractivity contribution >= 4 is 5.69 Å². The predicted octanol–water partition coefficient (Wildman–Crippen LogP) is 5.00. The Hall–Kier alpha value is -3.62. The predicted molar refractivity (Wildman–Crippen MR) is 140 cm³/mol. The zero-order chi connectivity index (χ0) is 25.8. The van der Waals surface area contributed by atoms with Gasteiger partial charge < -0.3 is 10.4 Å². The van der Waals surface area contributed by atoms with Crippen molar-refractivity contribution in [2.24, 2.45) is 0 Å². The molecule has 1 fully saturated rings. The molecule has 2 N–H and O–H groups in total. The number of β-amino-alcohol motifs (C(OH)–C–C–N with tert-alkyl or cyclic N) is 1. The first-order valence-corrected chi connectivity index (χ1v) is 12.5. The summed E-state index contributed by atoms with van der Waals surface area (Å²) < 4.78 is 29.7. The van der Waals surface area contributed by atoms with Crippen molar-refractivity contribution < 1.29 is 13.9 Å². The van der Waals surface area contributed by atoms with E-state index in [1.807, 2.05) is 0 Å². The number of aliphatic hydroxyl groups is 1. The molecule has 6 nitrogen and oxygen atoms in total. The molecule has 1 unspecified atom stereocenters. The largest absolute Gasteiger partial charge is 0.382 e. The third kappa shape index (κ3) is 6.03. The third-order valence-electron chi connectivity index (χ3n) is 7.04. The van der Waals surface area contributed by atoms with Gasteiger partial charge in [-0.1, -0.05) is 48.0 Å². The van der Waals surface area contributed by atoms with Crippen molar-refractivity contribution in [3.63, 3.8) is 0 Å². The number of likely N-dealkylation sites (tertiary alicyclic amines) is 1. The second kappa shape index (κ2) is 10.8. The van der Waals surface area contributed by atoms with Gasteiger partial charge in [-0.15, -0.1) is 0 Å². The molecule has 8 heteroatoms. The van der Waals surface area contributed by atoms with Gasteiger partial charge in [0.05, 0.1) is 6.54 Å². The fraction of sp³-hybridized carbons (Fsp3) is 0.310. The second-order valence-corrected chi connectivity index (χ2v) is 9.89. The molecular formula is C29H31F2N5O. The van der Waals surface area contributed by atoms with Crippen LogP contribution < -0.4 is 5.32 Å². The first-order chi connectivity index (χ1) is 17.9. The summed E-state index contributed by atoms with van der Waals surface area (Å²) in [6, 6.07) is 20.6. The number of anilines is 1. The highest BCUT2D eigenvalue weighted by Gasteiger charge is 2.36. The fourth-order valence-corrected chi connectivity index (χ4v) is 5.02. The van der Waals surface area contributed by atoms with Crippen LogP contribution in [0.2, 0.25) is 0 Å². The molecule has 3 aromatic carbocycles. The van der Waals surface area contributed by atoms with Crippen molar-refractivity contribution in [3.8, 4) is 11.1 Å². The van der Waals surface area contributed by atoms with Crippen LogP contribution in [0.5, 0.6) is 0 Å². The molecule has 2 heterocycles. The Kier molecular flexibility index (Phi) is 7.30. The maximum absolute atomic E-state index is 14.7. The number of hydrogen-bond acceptors (Lipinski definition) is 5. The second-order valence-electron chi connectivity index (χ2n) is 9.89. The molecule has 1 saturated heterocycles. The first-order valence-electron chi connectivity index (χ1n) is 12.5. The summed E-state index contributed by atoms with van der Waals surface area (Å²) in [6.45, 7) is 3.78. The van der Waals surface area contributed by atoms with E-state index >= 15 is 0 Å². The van der Waals surface area contributed by atoms with Crippen LogP contribution >= 0.6 is 0 Å². The highest BCUT2D eigenvalue weighted by molar-refractivity contribution is 5.66. The lowest BCUT2D eigenvalue weighted by Crippen LogP contribution is -2.48. The quantitative estimate of drug-likeness (QED) is 0.354. The van der Waals surface area contributed by atoms with E-state index in [0.717, 1.165) is 37.7 Å². The molecule has 0 bridgehead atoms. The average Bonchev–Trinajstić information content (AvgIpc) is 3.39. The van der Waals surface area contributed by atoms with E-state index in [4.69, 9.17) is 0 Å². The van der Waals surface area contributed by atoms with Crippen molar-refractivity contribution in [2.45, 2.75) is 38.0 Å². The SMILES string of the molecule is Cc1ccc(-c2ccc(NC3CCN(CC(O)(Cn4cncn4)c4ccc(F)cc4F)CC3)cc2)cc1. The number of aryl methyl sites for hydroxylation is 1. The Morgan fingerprint density at radius 3 is 2.24 bits per heavy atom. The zero-order valence-corrected chi connectivity index (χ0v) is 20.8. The summed E-state index contributed by atoms with van der Waals surface area (Å²) in [5.41, 5.74) is 3.16. The van der Waals surface area contributed by atoms with Crippen molar-refractivity contribution in [1.29, 1.82) is 0 Å². The fourth-order valence-electron chi connectivity index (χ4n) is 5.02. The Labute approximate surface area is 215 Å². The number of hydrogen-bond donors (Lipinski definition) is 2. The number of nitrogens with one attached hydrogen (secondary N) is 1. The van der Waals surface area contributed by atoms with Gasteiger partial charge in [-0.2, -0.15) is 5.10 Å². The summed E-state index contributed by atoms with van der Waals surface area (Å²) in [6.07, 6.45) is 4.61. The minimum Gasteiger partial charge on any atom is -0.382 e. The molecule has 0 aliphatic carbocycles. The van der Waals surface area contributed by atoms with Crippen LogP contribution in [0.3, 0.4) is 0 Å². The minimum atomic E-state index is -1.59. The van der Waals surface area contributed by atoms with Gasteiger partial charge in [0.1, 0.15) is 29.9 Å². The van der Waals surface area contributed by atoms with Crippen molar-refractivity contribution in [3.05, 3.63) is 102 Å². The lowest BCUT2D eigenvalue weighted by molar-refractivity contribution is -0.0260. The molecule has 0 amide bonds. The number of nitrogens with zero attached hydrogens (tertiary/aromatic N) is 4. The van der Waals surface area contributed by atoms with Crippen molar-refractivity contribution in [1.82, 2.24) is 19.7 Å². The van der Waals surface area contributed by atoms with E-state index in [-0.39, 0.29) is 18.7 Å². The molecule has 192 valence electrons. The van der Waals surface area contributed by atoms with Crippen LogP contribution in [0.25, 0.3) is 11.1 Å². The number of piperidine rings is 1. The number of halogens is 2. The normalized spacial score (nSPS) is 16.4. The molecule has 1 aromatic heterocycles. The molecular weight excluding hydrogens is 472 g/mol. The minimum absolute atomic E-state index is 0.0149. The molecule has 0 radical (unpaired) electrons. The van der Waals surface area contributed by atoms with Gasteiger partial charge >= 0.3 is 0 Å². The lowest BCUT2D eigenvalue weighted by Gasteiger charge is -2.38. The van der Waals surface area contributed by atoms with Gasteiger partial charge in [-0.3, -0.25) is 4.90 Å². The average molecular weight is 504 g/mol. The van der Waals surface area contributed by atoms with Crippen LogP contribution in [-0.2, 0) is 12.1 Å². The Bertz CT molecular complexity index is 1300. The Morgan fingerprint density at radius 1 is 0.946 bits per heavy atom. The van der Waals surface area contributed by atoms with Gasteiger partial charge in [-0.25, -0.2) is 18.4 Å². The standard InChI is InChI=1S/C29H31F2N5O/c1-21-2-4-22(5-3-21)23-6-9-25(10-7-23)34-26-12-14-35(15-13-26)17-29(37,18-36-20-32-19-33-36)27-11-8-24(30)16-28(27)31/h2-11,16,19-20,26,34,37H,12-15,17-18H2,1H3. The maximum Gasteiger partial charge on any atom is 0.137 e. The van der Waals surface area contributed by atoms with Crippen LogP contribution in [0.1, 0.15) is 24.0 Å². The highest BCUT2D eigenvalue weighted by Crippen LogP contribution is 2.29. The molecule has 1 atom stereocenters. The van der Waals surface area contributed by atoms with Gasteiger partial charge in [0.2, 0.25) is 0 Å². The van der Waals surface area contributed by atoms with Gasteiger partial charge in [0.25, 0.3) is 0 Å². The molecule has 0 spiro atoms. The third-order valence-corrected chi connectivity index (χ3v) is 7.04. The van der Waals surface area contributed by atoms with E-state index < -0.39 is 17.2 Å². The molecule has 0 saturated carbocycles. The lowest BCUT2D eigenvalue weighted by atomic mass is 9.91. The van der Waals surface area contributed by atoms with Crippen LogP contribution in [0, 0.1) is 18.6 Å². The Balaban J connectivity index is 1.21. The topological polar surface area (TPSA) is 66.2 Å². The molecule has 1 aliphatic heterocycles. The van der Waals surface area contributed by atoms with Crippen LogP contribution in [0.4, 0.5) is 14.5 Å². The molecule has 4 aromatic rings. The van der Waals surface area contributed by atoms with Gasteiger partial charge in [-0.05, 0) is 49.1 Å². The summed E-state index contributed by atoms with van der Waals surface area (Å²) >= 11 is 0. The van der Waals surface area contributed by atoms with E-state index in [9.17, 15) is 13.9 Å². The monoisotopic (exact) mass is 503 g/mol. The highest BCUT2D eigenvalue weighted by atomic mass is 19.1. The number of aromatic nitrogens is 3. The van der Waals surface area contributed by atoms with Gasteiger partial charge in [0, 0.05) is 43.0 Å². The molecule has 1 aliphatic rings. The molecule has 37 heavy (non-hydrogen) atoms. The summed E-state index contributed by atoms with van der Waals surface area (Å²) in [5, 5.41) is 19.3. The van der Waals surface area contributed by atoms with Crippen molar-refractivity contribution in [2.75, 3.05) is 25.0 Å². The van der Waals surface area contributed by atoms with E-state index in [1.165, 1.54) is 46.2 Å².